The highest BCUT2D eigenvalue weighted by Crippen LogP contribution is 2.20. The molecule has 1 heterocycles. The molecule has 0 saturated heterocycles. The zero-order valence-corrected chi connectivity index (χ0v) is 10.5. The summed E-state index contributed by atoms with van der Waals surface area (Å²) < 4.78 is 0. The molecule has 1 aromatic heterocycles. The molecule has 92 valence electrons. The lowest BCUT2D eigenvalue weighted by Crippen LogP contribution is -2.11. The second-order valence-electron chi connectivity index (χ2n) is 4.17. The summed E-state index contributed by atoms with van der Waals surface area (Å²) in [4.78, 5) is 10.8. The van der Waals surface area contributed by atoms with Gasteiger partial charge < -0.3 is 5.32 Å². The van der Waals surface area contributed by atoms with Crippen LogP contribution in [0.1, 0.15) is 12.5 Å². The van der Waals surface area contributed by atoms with Crippen LogP contribution >= 0.6 is 0 Å². The van der Waals surface area contributed by atoms with E-state index in [9.17, 15) is 4.79 Å². The van der Waals surface area contributed by atoms with Gasteiger partial charge in [-0.05, 0) is 31.5 Å². The summed E-state index contributed by atoms with van der Waals surface area (Å²) in [6, 6.07) is 11.8. The molecule has 1 N–H and O–H groups in total. The number of rotatable bonds is 4. The van der Waals surface area contributed by atoms with Crippen LogP contribution in [0.15, 0.2) is 36.4 Å². The number of Topliss-reactive ketones (excluding diaryl/α,β-unsaturated/α-hetero) is 1. The van der Waals surface area contributed by atoms with Gasteiger partial charge in [0.1, 0.15) is 11.6 Å². The minimum absolute atomic E-state index is 0.0692. The first-order valence-electron chi connectivity index (χ1n) is 5.80. The Labute approximate surface area is 106 Å². The molecule has 0 atom stereocenters. The molecule has 0 aliphatic rings. The molecule has 18 heavy (non-hydrogen) atoms. The van der Waals surface area contributed by atoms with Crippen molar-refractivity contribution in [2.75, 3.05) is 11.9 Å². The maximum absolute atomic E-state index is 10.8. The van der Waals surface area contributed by atoms with Crippen molar-refractivity contribution in [2.45, 2.75) is 13.8 Å². The minimum Gasteiger partial charge on any atom is -0.362 e. The predicted octanol–water partition coefficient (Wildman–Crippen LogP) is 2.45. The Bertz CT molecular complexity index is 549. The van der Waals surface area contributed by atoms with Crippen molar-refractivity contribution in [2.24, 2.45) is 0 Å². The van der Waals surface area contributed by atoms with Crippen LogP contribution in [-0.2, 0) is 4.79 Å². The third kappa shape index (κ3) is 2.91. The van der Waals surface area contributed by atoms with Crippen molar-refractivity contribution in [3.8, 4) is 11.3 Å². The maximum atomic E-state index is 10.8. The third-order valence-electron chi connectivity index (χ3n) is 2.60. The fourth-order valence-electron chi connectivity index (χ4n) is 1.65. The molecule has 0 bridgehead atoms. The Morgan fingerprint density at radius 2 is 1.94 bits per heavy atom. The van der Waals surface area contributed by atoms with Gasteiger partial charge in [-0.25, -0.2) is 0 Å². The standard InChI is InChI=1S/C14H15N3O/c1-10-5-3-4-6-12(10)13-7-8-14(17-16-13)15-9-11(2)18/h3-8H,9H2,1-2H3,(H,15,17). The number of aromatic nitrogens is 2. The van der Waals surface area contributed by atoms with Gasteiger partial charge >= 0.3 is 0 Å². The van der Waals surface area contributed by atoms with Crippen LogP contribution in [0.25, 0.3) is 11.3 Å². The van der Waals surface area contributed by atoms with Crippen LogP contribution in [0.5, 0.6) is 0 Å². The molecule has 1 aromatic carbocycles. The number of benzene rings is 1. The lowest BCUT2D eigenvalue weighted by atomic mass is 10.1. The Balaban J connectivity index is 2.17. The molecular formula is C14H15N3O. The fourth-order valence-corrected chi connectivity index (χ4v) is 1.65. The summed E-state index contributed by atoms with van der Waals surface area (Å²) >= 11 is 0. The van der Waals surface area contributed by atoms with Crippen molar-refractivity contribution in [3.05, 3.63) is 42.0 Å². The van der Waals surface area contributed by atoms with Crippen LogP contribution in [0, 0.1) is 6.92 Å². The number of ketones is 1. The van der Waals surface area contributed by atoms with Gasteiger partial charge in [-0.3, -0.25) is 4.79 Å². The van der Waals surface area contributed by atoms with E-state index in [1.807, 2.05) is 43.3 Å². The number of hydrogen-bond donors (Lipinski definition) is 1. The molecule has 0 unspecified atom stereocenters. The molecule has 0 fully saturated rings. The van der Waals surface area contributed by atoms with Gasteiger partial charge in [0.05, 0.1) is 12.2 Å². The maximum Gasteiger partial charge on any atom is 0.149 e. The zero-order valence-electron chi connectivity index (χ0n) is 10.5. The molecule has 0 amide bonds. The van der Waals surface area contributed by atoms with Gasteiger partial charge in [-0.1, -0.05) is 24.3 Å². The Hall–Kier alpha value is -2.23. The van der Waals surface area contributed by atoms with Crippen molar-refractivity contribution >= 4 is 11.6 Å². The van der Waals surface area contributed by atoms with Crippen molar-refractivity contribution < 1.29 is 4.79 Å². The first-order chi connectivity index (χ1) is 8.66. The lowest BCUT2D eigenvalue weighted by molar-refractivity contribution is -0.115. The van der Waals surface area contributed by atoms with Crippen LogP contribution in [-0.4, -0.2) is 22.5 Å². The van der Waals surface area contributed by atoms with E-state index < -0.39 is 0 Å². The highest BCUT2D eigenvalue weighted by Gasteiger charge is 2.03. The largest absolute Gasteiger partial charge is 0.362 e. The summed E-state index contributed by atoms with van der Waals surface area (Å²) in [7, 11) is 0. The Kier molecular flexibility index (Phi) is 3.67. The first kappa shape index (κ1) is 12.2. The average molecular weight is 241 g/mol. The van der Waals surface area contributed by atoms with Crippen LogP contribution < -0.4 is 5.32 Å². The molecule has 4 nitrogen and oxygen atoms in total. The Morgan fingerprint density at radius 1 is 1.17 bits per heavy atom. The molecule has 0 spiro atoms. The summed E-state index contributed by atoms with van der Waals surface area (Å²) in [5.41, 5.74) is 3.07. The van der Waals surface area contributed by atoms with E-state index in [1.165, 1.54) is 6.92 Å². The number of hydrogen-bond acceptors (Lipinski definition) is 4. The molecule has 0 radical (unpaired) electrons. The topological polar surface area (TPSA) is 54.9 Å². The normalized spacial score (nSPS) is 10.1. The molecule has 2 rings (SSSR count). The highest BCUT2D eigenvalue weighted by molar-refractivity contribution is 5.80. The van der Waals surface area contributed by atoms with Crippen LogP contribution in [0.4, 0.5) is 5.82 Å². The average Bonchev–Trinajstić information content (AvgIpc) is 2.38. The van der Waals surface area contributed by atoms with E-state index in [1.54, 1.807) is 0 Å². The summed E-state index contributed by atoms with van der Waals surface area (Å²) in [5, 5.41) is 11.1. The summed E-state index contributed by atoms with van der Waals surface area (Å²) in [6.07, 6.45) is 0. The summed E-state index contributed by atoms with van der Waals surface area (Å²) in [5.74, 6) is 0.683. The molecule has 0 saturated carbocycles. The van der Waals surface area contributed by atoms with Gasteiger partial charge in [0.15, 0.2) is 0 Å². The van der Waals surface area contributed by atoms with E-state index in [0.717, 1.165) is 16.8 Å². The highest BCUT2D eigenvalue weighted by atomic mass is 16.1. The van der Waals surface area contributed by atoms with Gasteiger partial charge in [0.25, 0.3) is 0 Å². The number of carbonyl (C=O) groups is 1. The van der Waals surface area contributed by atoms with Gasteiger partial charge in [-0.2, -0.15) is 0 Å². The quantitative estimate of drug-likeness (QED) is 0.893. The van der Waals surface area contributed by atoms with Crippen LogP contribution in [0.3, 0.4) is 0 Å². The smallest absolute Gasteiger partial charge is 0.149 e. The van der Waals surface area contributed by atoms with Gasteiger partial charge in [0, 0.05) is 5.56 Å². The molecule has 0 aliphatic heterocycles. The number of anilines is 1. The van der Waals surface area contributed by atoms with E-state index in [2.05, 4.69) is 15.5 Å². The first-order valence-corrected chi connectivity index (χ1v) is 5.80. The number of aryl methyl sites for hydroxylation is 1. The van der Waals surface area contributed by atoms with E-state index >= 15 is 0 Å². The van der Waals surface area contributed by atoms with E-state index in [4.69, 9.17) is 0 Å². The second-order valence-corrected chi connectivity index (χ2v) is 4.17. The number of nitrogens with zero attached hydrogens (tertiary/aromatic N) is 2. The second kappa shape index (κ2) is 5.40. The Morgan fingerprint density at radius 3 is 2.56 bits per heavy atom. The third-order valence-corrected chi connectivity index (χ3v) is 2.60. The molecular weight excluding hydrogens is 226 g/mol. The van der Waals surface area contributed by atoms with E-state index in [0.29, 0.717) is 5.82 Å². The SMILES string of the molecule is CC(=O)CNc1ccc(-c2ccccc2C)nn1. The van der Waals surface area contributed by atoms with Crippen molar-refractivity contribution in [1.29, 1.82) is 0 Å². The zero-order chi connectivity index (χ0) is 13.0. The van der Waals surface area contributed by atoms with Gasteiger partial charge in [0.2, 0.25) is 0 Å². The monoisotopic (exact) mass is 241 g/mol. The molecule has 0 aliphatic carbocycles. The van der Waals surface area contributed by atoms with E-state index in [-0.39, 0.29) is 12.3 Å². The molecule has 4 heteroatoms. The predicted molar refractivity (Wildman–Crippen MR) is 71.4 cm³/mol. The lowest BCUT2D eigenvalue weighted by Gasteiger charge is -2.05. The molecule has 2 aromatic rings. The van der Waals surface area contributed by atoms with Crippen molar-refractivity contribution in [1.82, 2.24) is 10.2 Å². The van der Waals surface area contributed by atoms with Crippen molar-refractivity contribution in [3.63, 3.8) is 0 Å². The fraction of sp³-hybridized carbons (Fsp3) is 0.214. The number of carbonyl (C=O) groups excluding carboxylic acids is 1. The summed E-state index contributed by atoms with van der Waals surface area (Å²) in [6.45, 7) is 3.85. The van der Waals surface area contributed by atoms with Gasteiger partial charge in [-0.15, -0.1) is 10.2 Å². The minimum atomic E-state index is 0.0692. The van der Waals surface area contributed by atoms with Crippen LogP contribution in [0.2, 0.25) is 0 Å². The number of nitrogens with one attached hydrogen (secondary N) is 1.